The monoisotopic (exact) mass is 623 g/mol. The maximum atomic E-state index is 14.5. The van der Waals surface area contributed by atoms with Crippen molar-refractivity contribution in [2.24, 2.45) is 7.05 Å². The van der Waals surface area contributed by atoms with Crippen molar-refractivity contribution in [1.29, 1.82) is 0 Å². The second-order valence-electron chi connectivity index (χ2n) is 10.8. The van der Waals surface area contributed by atoms with E-state index in [2.05, 4.69) is 14.9 Å². The molecule has 0 aliphatic heterocycles. The Kier molecular flexibility index (Phi) is 7.29. The van der Waals surface area contributed by atoms with Gasteiger partial charge in [0.15, 0.2) is 5.82 Å². The molecule has 2 fully saturated rings. The molecule has 2 N–H and O–H groups in total. The zero-order valence-electron chi connectivity index (χ0n) is 22.6. The molecule has 0 unspecified atom stereocenters. The van der Waals surface area contributed by atoms with E-state index in [9.17, 15) is 37.4 Å². The molecule has 0 atom stereocenters. The molecule has 43 heavy (non-hydrogen) atoms. The number of aromatic carboxylic acids is 1. The number of nitrogens with zero attached hydrogens (tertiary/aromatic N) is 3. The minimum atomic E-state index is -5.05. The Labute approximate surface area is 244 Å². The summed E-state index contributed by atoms with van der Waals surface area (Å²) in [6, 6.07) is 4.55. The highest BCUT2D eigenvalue weighted by atomic mass is 32.1. The van der Waals surface area contributed by atoms with E-state index >= 15 is 0 Å². The number of aromatic nitrogens is 3. The average Bonchev–Trinajstić information content (AvgIpc) is 3.54. The molecule has 10 nitrogen and oxygen atoms in total. The first-order valence-corrected chi connectivity index (χ1v) is 14.3. The van der Waals surface area contributed by atoms with Crippen molar-refractivity contribution in [1.82, 2.24) is 14.7 Å². The quantitative estimate of drug-likeness (QED) is 0.240. The Morgan fingerprint density at radius 2 is 1.93 bits per heavy atom. The molecule has 2 aliphatic carbocycles. The SMILES string of the molecule is Cn1c(OC(F)(F)F)c(-c2noc(C3CC3)c2COC2CCC(O)(c3nc4c(F)cc(C(=O)O)cc4s3)CC2)ccc1=O. The molecule has 2 aliphatic rings. The summed E-state index contributed by atoms with van der Waals surface area (Å²) in [7, 11) is 1.17. The van der Waals surface area contributed by atoms with Crippen molar-refractivity contribution in [3.63, 3.8) is 0 Å². The average molecular weight is 624 g/mol. The molecule has 1 aromatic carbocycles. The fourth-order valence-electron chi connectivity index (χ4n) is 5.33. The number of pyridine rings is 1. The van der Waals surface area contributed by atoms with Crippen LogP contribution in [-0.2, 0) is 24.0 Å². The third-order valence-corrected chi connectivity index (χ3v) is 9.00. The summed E-state index contributed by atoms with van der Waals surface area (Å²) in [5.74, 6) is -2.21. The van der Waals surface area contributed by atoms with Gasteiger partial charge in [-0.05, 0) is 56.7 Å². The van der Waals surface area contributed by atoms with E-state index in [0.717, 1.165) is 40.9 Å². The van der Waals surface area contributed by atoms with Gasteiger partial charge in [0.05, 0.1) is 28.5 Å². The fraction of sp³-hybridized carbons (Fsp3) is 0.429. The maximum absolute atomic E-state index is 14.5. The van der Waals surface area contributed by atoms with E-state index in [4.69, 9.17) is 9.26 Å². The molecular formula is C28H25F4N3O7S. The summed E-state index contributed by atoms with van der Waals surface area (Å²) >= 11 is 1.04. The number of halogens is 4. The van der Waals surface area contributed by atoms with Crippen molar-refractivity contribution < 1.29 is 46.6 Å². The molecule has 15 heteroatoms. The number of ether oxygens (including phenoxy) is 2. The van der Waals surface area contributed by atoms with Gasteiger partial charge in [-0.2, -0.15) is 0 Å². The molecule has 0 saturated heterocycles. The fourth-order valence-corrected chi connectivity index (χ4v) is 6.50. The number of hydrogen-bond donors (Lipinski definition) is 2. The summed E-state index contributed by atoms with van der Waals surface area (Å²) < 4.78 is 71.2. The molecule has 0 amide bonds. The minimum Gasteiger partial charge on any atom is -0.478 e. The standard InChI is InChI=1S/C28H25F4N3O7S/c1-35-20(36)5-4-16(24(35)41-28(30,31)32)21-17(23(42-34-21)13-2-3-13)12-40-15-6-8-27(39,9-7-15)26-33-22-18(29)10-14(25(37)38)11-19(22)43-26/h4-5,10-11,13,15,39H,2-3,6-9,12H2,1H3,(H,37,38). The van der Waals surface area contributed by atoms with Crippen LogP contribution in [0.4, 0.5) is 17.6 Å². The lowest BCUT2D eigenvalue weighted by atomic mass is 9.83. The first kappa shape index (κ1) is 29.3. The van der Waals surface area contributed by atoms with Crippen LogP contribution in [0.5, 0.6) is 5.88 Å². The van der Waals surface area contributed by atoms with Crippen molar-refractivity contribution >= 4 is 27.5 Å². The van der Waals surface area contributed by atoms with Crippen molar-refractivity contribution in [3.8, 4) is 17.1 Å². The Morgan fingerprint density at radius 1 is 1.21 bits per heavy atom. The van der Waals surface area contributed by atoms with Crippen molar-refractivity contribution in [2.45, 2.75) is 69.1 Å². The molecule has 3 aromatic heterocycles. The first-order valence-electron chi connectivity index (χ1n) is 13.5. The number of rotatable bonds is 8. The van der Waals surface area contributed by atoms with Gasteiger partial charge in [-0.25, -0.2) is 14.2 Å². The van der Waals surface area contributed by atoms with E-state index in [1.807, 2.05) is 0 Å². The molecule has 0 bridgehead atoms. The van der Waals surface area contributed by atoms with Crippen LogP contribution >= 0.6 is 11.3 Å². The Balaban J connectivity index is 1.21. The van der Waals surface area contributed by atoms with Gasteiger partial charge in [-0.15, -0.1) is 24.5 Å². The second-order valence-corrected chi connectivity index (χ2v) is 11.8. The number of carboxylic acid groups (broad SMARTS) is 1. The zero-order valence-corrected chi connectivity index (χ0v) is 23.4. The van der Waals surface area contributed by atoms with Gasteiger partial charge >= 0.3 is 12.3 Å². The molecular weight excluding hydrogens is 598 g/mol. The molecule has 0 radical (unpaired) electrons. The van der Waals surface area contributed by atoms with Crippen LogP contribution in [0.3, 0.4) is 0 Å². The third kappa shape index (κ3) is 5.76. The van der Waals surface area contributed by atoms with Crippen LogP contribution < -0.4 is 10.3 Å². The number of hydrogen-bond acceptors (Lipinski definition) is 9. The normalized spacial score (nSPS) is 20.9. The lowest BCUT2D eigenvalue weighted by molar-refractivity contribution is -0.277. The van der Waals surface area contributed by atoms with Crippen LogP contribution in [0.25, 0.3) is 21.5 Å². The van der Waals surface area contributed by atoms with Gasteiger partial charge in [0.1, 0.15) is 27.6 Å². The summed E-state index contributed by atoms with van der Waals surface area (Å²) in [4.78, 5) is 27.7. The molecule has 3 heterocycles. The highest BCUT2D eigenvalue weighted by molar-refractivity contribution is 7.18. The number of thiazole rings is 1. The predicted molar refractivity (Wildman–Crippen MR) is 143 cm³/mol. The number of carbonyl (C=O) groups is 1. The predicted octanol–water partition coefficient (Wildman–Crippen LogP) is 5.61. The van der Waals surface area contributed by atoms with Gasteiger partial charge in [-0.3, -0.25) is 9.36 Å². The van der Waals surface area contributed by atoms with E-state index in [1.165, 1.54) is 19.2 Å². The highest BCUT2D eigenvalue weighted by Crippen LogP contribution is 2.46. The van der Waals surface area contributed by atoms with Crippen LogP contribution in [0.1, 0.15) is 71.1 Å². The molecule has 6 rings (SSSR count). The number of benzene rings is 1. The highest BCUT2D eigenvalue weighted by Gasteiger charge is 2.40. The third-order valence-electron chi connectivity index (χ3n) is 7.81. The van der Waals surface area contributed by atoms with Gasteiger partial charge < -0.3 is 24.2 Å². The first-order chi connectivity index (χ1) is 20.3. The largest absolute Gasteiger partial charge is 0.574 e. The van der Waals surface area contributed by atoms with Crippen LogP contribution in [-0.4, -0.2) is 43.4 Å². The van der Waals surface area contributed by atoms with E-state index in [0.29, 0.717) is 28.9 Å². The number of alkyl halides is 3. The summed E-state index contributed by atoms with van der Waals surface area (Å²) in [6.07, 6.45) is -2.45. The molecule has 228 valence electrons. The Bertz CT molecular complexity index is 1770. The number of aliphatic hydroxyl groups is 1. The van der Waals surface area contributed by atoms with E-state index in [-0.39, 0.29) is 58.8 Å². The smallest absolute Gasteiger partial charge is 0.478 e. The van der Waals surface area contributed by atoms with E-state index < -0.39 is 35.2 Å². The lowest BCUT2D eigenvalue weighted by Gasteiger charge is -2.34. The van der Waals surface area contributed by atoms with Crippen LogP contribution in [0, 0.1) is 5.82 Å². The zero-order chi connectivity index (χ0) is 30.7. The summed E-state index contributed by atoms with van der Waals surface area (Å²) in [6.45, 7) is -0.0353. The second kappa shape index (κ2) is 10.7. The molecule has 0 spiro atoms. The van der Waals surface area contributed by atoms with E-state index in [1.54, 1.807) is 0 Å². The topological polar surface area (TPSA) is 137 Å². The van der Waals surface area contributed by atoms with Crippen LogP contribution in [0.15, 0.2) is 33.6 Å². The minimum absolute atomic E-state index is 0.00308. The molecule has 4 aromatic rings. The number of carboxylic acids is 1. The van der Waals surface area contributed by atoms with Gasteiger partial charge in [0.25, 0.3) is 5.56 Å². The van der Waals surface area contributed by atoms with Crippen LogP contribution in [0.2, 0.25) is 0 Å². The Morgan fingerprint density at radius 3 is 2.58 bits per heavy atom. The van der Waals surface area contributed by atoms with Crippen molar-refractivity contribution in [2.75, 3.05) is 0 Å². The summed E-state index contributed by atoms with van der Waals surface area (Å²) in [5.41, 5.74) is -1.79. The van der Waals surface area contributed by atoms with Gasteiger partial charge in [0.2, 0.25) is 5.88 Å². The maximum Gasteiger partial charge on any atom is 0.574 e. The lowest BCUT2D eigenvalue weighted by Crippen LogP contribution is -2.34. The van der Waals surface area contributed by atoms with Gasteiger partial charge in [-0.1, -0.05) is 5.16 Å². The molecule has 2 saturated carbocycles. The van der Waals surface area contributed by atoms with Crippen molar-refractivity contribution in [3.05, 3.63) is 62.3 Å². The van der Waals surface area contributed by atoms with Gasteiger partial charge in [0, 0.05) is 24.6 Å². The Hall–Kier alpha value is -3.82. The summed E-state index contributed by atoms with van der Waals surface area (Å²) in [5, 5.41) is 24.9. The number of fused-ring (bicyclic) bond motifs is 1.